The fourth-order valence-corrected chi connectivity index (χ4v) is 3.76. The first-order valence-corrected chi connectivity index (χ1v) is 9.03. The highest BCUT2D eigenvalue weighted by Crippen LogP contribution is 2.33. The average Bonchev–Trinajstić information content (AvgIpc) is 3.07. The summed E-state index contributed by atoms with van der Waals surface area (Å²) in [6.45, 7) is 4.22. The van der Waals surface area contributed by atoms with Crippen LogP contribution in [0, 0.1) is 11.7 Å². The number of pyridine rings is 1. The van der Waals surface area contributed by atoms with E-state index in [4.69, 9.17) is 4.74 Å². The Balaban J connectivity index is 1.69. The first-order valence-electron chi connectivity index (χ1n) is 9.03. The monoisotopic (exact) mass is 379 g/mol. The third kappa shape index (κ3) is 2.52. The van der Waals surface area contributed by atoms with Crippen molar-refractivity contribution in [3.8, 4) is 16.9 Å². The molecule has 1 aliphatic heterocycles. The number of aromatic nitrogens is 4. The number of methoxy groups -OCH3 is 1. The van der Waals surface area contributed by atoms with E-state index < -0.39 is 5.82 Å². The van der Waals surface area contributed by atoms with Crippen molar-refractivity contribution < 1.29 is 9.13 Å². The maximum atomic E-state index is 14.1. The fraction of sp³-hybridized carbons (Fsp3) is 0.250. The Morgan fingerprint density at radius 3 is 2.79 bits per heavy atom. The third-order valence-corrected chi connectivity index (χ3v) is 5.18. The molecule has 8 heteroatoms. The number of rotatable bonds is 3. The van der Waals surface area contributed by atoms with Crippen molar-refractivity contribution in [1.82, 2.24) is 19.6 Å². The van der Waals surface area contributed by atoms with Crippen LogP contribution in [-0.2, 0) is 0 Å². The number of halogens is 1. The van der Waals surface area contributed by atoms with Crippen LogP contribution in [0.5, 0.6) is 5.75 Å². The number of ether oxygens (including phenoxy) is 1. The molecule has 0 amide bonds. The van der Waals surface area contributed by atoms with E-state index in [0.717, 1.165) is 18.8 Å². The second-order valence-electron chi connectivity index (χ2n) is 7.23. The quantitative estimate of drug-likeness (QED) is 0.592. The van der Waals surface area contributed by atoms with E-state index in [2.05, 4.69) is 26.9 Å². The van der Waals surface area contributed by atoms with E-state index in [1.54, 1.807) is 16.8 Å². The highest BCUT2D eigenvalue weighted by molar-refractivity contribution is 5.98. The lowest BCUT2D eigenvalue weighted by Crippen LogP contribution is -2.45. The number of benzene rings is 1. The van der Waals surface area contributed by atoms with Gasteiger partial charge in [0.25, 0.3) is 0 Å². The fourth-order valence-electron chi connectivity index (χ4n) is 3.76. The van der Waals surface area contributed by atoms with Crippen molar-refractivity contribution in [2.75, 3.05) is 25.1 Å². The summed E-state index contributed by atoms with van der Waals surface area (Å²) in [5, 5.41) is 5.08. The zero-order valence-corrected chi connectivity index (χ0v) is 15.4. The van der Waals surface area contributed by atoms with Crippen molar-refractivity contribution in [3.63, 3.8) is 0 Å². The first-order chi connectivity index (χ1) is 13.5. The van der Waals surface area contributed by atoms with E-state index >= 15 is 0 Å². The summed E-state index contributed by atoms with van der Waals surface area (Å²) in [6.07, 6.45) is 5.43. The molecule has 5 rings (SSSR count). The van der Waals surface area contributed by atoms with Gasteiger partial charge in [0, 0.05) is 41.7 Å². The number of aromatic amines is 1. The summed E-state index contributed by atoms with van der Waals surface area (Å²) in [4.78, 5) is 21.7. The minimum Gasteiger partial charge on any atom is -0.494 e. The lowest BCUT2D eigenvalue weighted by atomic mass is 10.0. The van der Waals surface area contributed by atoms with Crippen LogP contribution in [0.4, 0.5) is 10.1 Å². The van der Waals surface area contributed by atoms with E-state index in [1.165, 1.54) is 19.2 Å². The molecule has 4 heterocycles. The number of H-pyrrole nitrogens is 1. The van der Waals surface area contributed by atoms with Crippen LogP contribution in [-0.4, -0.2) is 39.8 Å². The average molecular weight is 379 g/mol. The Morgan fingerprint density at radius 2 is 2.04 bits per heavy atom. The number of hydrogen-bond donors (Lipinski definition) is 1. The smallest absolute Gasteiger partial charge is 0.249 e. The number of hydrogen-bond acceptors (Lipinski definition) is 5. The van der Waals surface area contributed by atoms with Crippen LogP contribution in [0.1, 0.15) is 6.92 Å². The first kappa shape index (κ1) is 16.7. The predicted octanol–water partition coefficient (Wildman–Crippen LogP) is 2.84. The molecule has 1 fully saturated rings. The summed E-state index contributed by atoms with van der Waals surface area (Å²) in [7, 11) is 1.41. The summed E-state index contributed by atoms with van der Waals surface area (Å²) in [5.74, 6) is 0.260. The minimum atomic E-state index is -0.533. The zero-order valence-electron chi connectivity index (χ0n) is 15.4. The number of anilines is 1. The Morgan fingerprint density at radius 1 is 1.21 bits per heavy atom. The van der Waals surface area contributed by atoms with Crippen molar-refractivity contribution >= 4 is 22.2 Å². The van der Waals surface area contributed by atoms with E-state index in [-0.39, 0.29) is 11.3 Å². The molecule has 1 aromatic carbocycles. The van der Waals surface area contributed by atoms with Gasteiger partial charge in [0.05, 0.1) is 36.9 Å². The lowest BCUT2D eigenvalue weighted by molar-refractivity contribution is 0.387. The molecule has 1 saturated heterocycles. The molecule has 1 N–H and O–H groups in total. The van der Waals surface area contributed by atoms with Crippen LogP contribution in [0.3, 0.4) is 0 Å². The van der Waals surface area contributed by atoms with Crippen LogP contribution in [0.25, 0.3) is 27.7 Å². The molecule has 0 bridgehead atoms. The van der Waals surface area contributed by atoms with Gasteiger partial charge in [-0.3, -0.25) is 4.79 Å². The third-order valence-electron chi connectivity index (χ3n) is 5.18. The van der Waals surface area contributed by atoms with Gasteiger partial charge in [-0.25, -0.2) is 13.9 Å². The molecule has 0 spiro atoms. The molecule has 0 unspecified atom stereocenters. The standard InChI is InChI=1S/C20H18FN5O2/c1-11-8-25(9-11)12-6-22-20-15(7-23-26(20)10-12)13-4-19(27)24-17-5-16(21)18(28-2)3-14(13)17/h3-7,10-11H,8-9H2,1-2H3,(H,24,27). The van der Waals surface area contributed by atoms with Gasteiger partial charge in [-0.05, 0) is 12.0 Å². The molecule has 0 atom stereocenters. The van der Waals surface area contributed by atoms with Crippen molar-refractivity contribution in [2.45, 2.75) is 6.92 Å². The normalized spacial score (nSPS) is 14.6. The lowest BCUT2D eigenvalue weighted by Gasteiger charge is -2.38. The van der Waals surface area contributed by atoms with Gasteiger partial charge in [-0.1, -0.05) is 6.92 Å². The molecule has 7 nitrogen and oxygen atoms in total. The SMILES string of the molecule is COc1cc2c(-c3cnn4cc(N5CC(C)C5)cnc34)cc(=O)[nH]c2cc1F. The Labute approximate surface area is 159 Å². The second kappa shape index (κ2) is 6.05. The number of nitrogens with zero attached hydrogens (tertiary/aromatic N) is 4. The van der Waals surface area contributed by atoms with Crippen LogP contribution < -0.4 is 15.2 Å². The second-order valence-corrected chi connectivity index (χ2v) is 7.23. The number of fused-ring (bicyclic) bond motifs is 2. The molecule has 0 aliphatic carbocycles. The molecule has 0 saturated carbocycles. The van der Waals surface area contributed by atoms with Crippen LogP contribution >= 0.6 is 0 Å². The van der Waals surface area contributed by atoms with Crippen LogP contribution in [0.2, 0.25) is 0 Å². The van der Waals surface area contributed by atoms with Crippen molar-refractivity contribution in [1.29, 1.82) is 0 Å². The summed E-state index contributed by atoms with van der Waals surface area (Å²) in [5.41, 5.74) is 3.05. The van der Waals surface area contributed by atoms with Gasteiger partial charge in [0.15, 0.2) is 17.2 Å². The van der Waals surface area contributed by atoms with Gasteiger partial charge >= 0.3 is 0 Å². The largest absolute Gasteiger partial charge is 0.494 e. The topological polar surface area (TPSA) is 75.5 Å². The molecule has 3 aromatic heterocycles. The summed E-state index contributed by atoms with van der Waals surface area (Å²) < 4.78 is 20.9. The van der Waals surface area contributed by atoms with Gasteiger partial charge in [0.1, 0.15) is 0 Å². The zero-order chi connectivity index (χ0) is 19.4. The molecule has 0 radical (unpaired) electrons. The maximum absolute atomic E-state index is 14.1. The Hall–Kier alpha value is -3.42. The minimum absolute atomic E-state index is 0.111. The number of nitrogens with one attached hydrogen (secondary N) is 1. The highest BCUT2D eigenvalue weighted by atomic mass is 19.1. The molecular weight excluding hydrogens is 361 g/mol. The van der Waals surface area contributed by atoms with E-state index in [9.17, 15) is 9.18 Å². The maximum Gasteiger partial charge on any atom is 0.249 e. The summed E-state index contributed by atoms with van der Waals surface area (Å²) >= 11 is 0. The Kier molecular flexibility index (Phi) is 3.61. The Bertz CT molecular complexity index is 1270. The predicted molar refractivity (Wildman–Crippen MR) is 104 cm³/mol. The highest BCUT2D eigenvalue weighted by Gasteiger charge is 2.24. The van der Waals surface area contributed by atoms with Gasteiger partial charge in [-0.2, -0.15) is 5.10 Å². The molecule has 1 aliphatic rings. The molecule has 142 valence electrons. The van der Waals surface area contributed by atoms with Crippen LogP contribution in [0.15, 0.2) is 41.6 Å². The van der Waals surface area contributed by atoms with Gasteiger partial charge < -0.3 is 14.6 Å². The van der Waals surface area contributed by atoms with Gasteiger partial charge in [0.2, 0.25) is 5.56 Å². The van der Waals surface area contributed by atoms with E-state index in [1.807, 2.05) is 12.4 Å². The molecular formula is C20H18FN5O2. The summed E-state index contributed by atoms with van der Waals surface area (Å²) in [6, 6.07) is 4.32. The van der Waals surface area contributed by atoms with Crippen molar-refractivity contribution in [3.05, 3.63) is 53.0 Å². The van der Waals surface area contributed by atoms with Crippen molar-refractivity contribution in [2.24, 2.45) is 5.92 Å². The molecule has 28 heavy (non-hydrogen) atoms. The van der Waals surface area contributed by atoms with Gasteiger partial charge in [-0.15, -0.1) is 0 Å². The molecule has 4 aromatic rings. The van der Waals surface area contributed by atoms with E-state index in [0.29, 0.717) is 33.6 Å².